The van der Waals surface area contributed by atoms with E-state index in [4.69, 9.17) is 9.47 Å². The first-order valence-electron chi connectivity index (χ1n) is 11.8. The molecule has 31 heavy (non-hydrogen) atoms. The number of nitrogens with zero attached hydrogens (tertiary/aromatic N) is 2. The van der Waals surface area contributed by atoms with E-state index in [2.05, 4.69) is 10.2 Å². The molecule has 4 rings (SSSR count). The summed E-state index contributed by atoms with van der Waals surface area (Å²) in [5, 5.41) is 3.01. The lowest BCUT2D eigenvalue weighted by Gasteiger charge is -2.35. The number of hydrogen-bond donors (Lipinski definition) is 1. The Balaban J connectivity index is 1.36. The molecule has 0 radical (unpaired) electrons. The highest BCUT2D eigenvalue weighted by Crippen LogP contribution is 2.36. The van der Waals surface area contributed by atoms with E-state index in [1.165, 1.54) is 32.1 Å². The van der Waals surface area contributed by atoms with Crippen molar-refractivity contribution in [2.45, 2.75) is 58.0 Å². The number of rotatable bonds is 7. The van der Waals surface area contributed by atoms with Gasteiger partial charge in [0, 0.05) is 44.4 Å². The molecule has 1 atom stereocenters. The van der Waals surface area contributed by atoms with E-state index in [9.17, 15) is 9.59 Å². The summed E-state index contributed by atoms with van der Waals surface area (Å²) in [4.78, 5) is 29.3. The van der Waals surface area contributed by atoms with Crippen molar-refractivity contribution in [3.63, 3.8) is 0 Å². The van der Waals surface area contributed by atoms with Gasteiger partial charge < -0.3 is 19.7 Å². The number of hydrogen-bond acceptors (Lipinski definition) is 5. The number of nitrogens with one attached hydrogen (secondary N) is 1. The van der Waals surface area contributed by atoms with Gasteiger partial charge in [-0.05, 0) is 31.4 Å². The van der Waals surface area contributed by atoms with Crippen molar-refractivity contribution in [3.05, 3.63) is 18.2 Å². The van der Waals surface area contributed by atoms with Gasteiger partial charge >= 0.3 is 0 Å². The summed E-state index contributed by atoms with van der Waals surface area (Å²) in [5.74, 6) is 1.37. The Hall–Kier alpha value is -2.12. The lowest BCUT2D eigenvalue weighted by atomic mass is 9.86. The molecule has 1 saturated heterocycles. The minimum absolute atomic E-state index is 0.0231. The Morgan fingerprint density at radius 3 is 2.68 bits per heavy atom. The molecule has 2 heterocycles. The van der Waals surface area contributed by atoms with E-state index < -0.39 is 6.10 Å². The van der Waals surface area contributed by atoms with Crippen molar-refractivity contribution < 1.29 is 19.1 Å². The SMILES string of the molecule is CC1Oc2cc(NC(=O)CCC3CCCCC3)ccc2N(CCN2CCOCC2)C1=O. The van der Waals surface area contributed by atoms with Crippen molar-refractivity contribution in [1.29, 1.82) is 0 Å². The predicted molar refractivity (Wildman–Crippen MR) is 121 cm³/mol. The van der Waals surface area contributed by atoms with Gasteiger partial charge in [0.2, 0.25) is 5.91 Å². The van der Waals surface area contributed by atoms with Crippen LogP contribution in [0.4, 0.5) is 11.4 Å². The first kappa shape index (κ1) is 22.1. The van der Waals surface area contributed by atoms with Crippen LogP contribution in [0.3, 0.4) is 0 Å². The zero-order chi connectivity index (χ0) is 21.6. The second-order valence-corrected chi connectivity index (χ2v) is 8.98. The minimum atomic E-state index is -0.533. The Morgan fingerprint density at radius 2 is 1.90 bits per heavy atom. The Kier molecular flexibility index (Phi) is 7.45. The molecular formula is C24H35N3O4. The number of carbonyl (C=O) groups is 2. The van der Waals surface area contributed by atoms with Gasteiger partial charge in [-0.1, -0.05) is 32.1 Å². The second-order valence-electron chi connectivity index (χ2n) is 8.98. The number of amides is 2. The Morgan fingerprint density at radius 1 is 1.13 bits per heavy atom. The summed E-state index contributed by atoms with van der Waals surface area (Å²) in [5.41, 5.74) is 1.50. The number of carbonyl (C=O) groups excluding carboxylic acids is 2. The number of fused-ring (bicyclic) bond motifs is 1. The van der Waals surface area contributed by atoms with Crippen LogP contribution in [-0.2, 0) is 14.3 Å². The van der Waals surface area contributed by atoms with Gasteiger partial charge in [-0.2, -0.15) is 0 Å². The molecule has 0 bridgehead atoms. The van der Waals surface area contributed by atoms with Crippen molar-refractivity contribution in [3.8, 4) is 5.75 Å². The van der Waals surface area contributed by atoms with Crippen LogP contribution < -0.4 is 15.0 Å². The van der Waals surface area contributed by atoms with Gasteiger partial charge in [-0.3, -0.25) is 14.5 Å². The number of morpholine rings is 1. The summed E-state index contributed by atoms with van der Waals surface area (Å²) in [7, 11) is 0. The molecule has 2 aliphatic heterocycles. The lowest BCUT2D eigenvalue weighted by Crippen LogP contribution is -2.48. The van der Waals surface area contributed by atoms with Crippen molar-refractivity contribution >= 4 is 23.2 Å². The van der Waals surface area contributed by atoms with Gasteiger partial charge in [0.1, 0.15) is 5.75 Å². The molecule has 0 spiro atoms. The topological polar surface area (TPSA) is 71.1 Å². The maximum Gasteiger partial charge on any atom is 0.267 e. The van der Waals surface area contributed by atoms with Crippen LogP contribution in [0.15, 0.2) is 18.2 Å². The number of benzene rings is 1. The number of ether oxygens (including phenoxy) is 2. The first-order valence-corrected chi connectivity index (χ1v) is 11.8. The van der Waals surface area contributed by atoms with Crippen LogP contribution in [0.5, 0.6) is 5.75 Å². The molecule has 2 amide bonds. The summed E-state index contributed by atoms with van der Waals surface area (Å²) in [6.07, 6.45) is 7.44. The van der Waals surface area contributed by atoms with Crippen LogP contribution in [0, 0.1) is 5.92 Å². The van der Waals surface area contributed by atoms with E-state index in [1.807, 2.05) is 23.1 Å². The van der Waals surface area contributed by atoms with Crippen molar-refractivity contribution in [2.24, 2.45) is 5.92 Å². The molecule has 2 fully saturated rings. The third-order valence-electron chi connectivity index (χ3n) is 6.70. The monoisotopic (exact) mass is 429 g/mol. The van der Waals surface area contributed by atoms with E-state index in [0.717, 1.165) is 50.6 Å². The highest BCUT2D eigenvalue weighted by molar-refractivity contribution is 6.00. The maximum absolute atomic E-state index is 12.7. The van der Waals surface area contributed by atoms with E-state index >= 15 is 0 Å². The molecule has 7 heteroatoms. The fraction of sp³-hybridized carbons (Fsp3) is 0.667. The van der Waals surface area contributed by atoms with Crippen LogP contribution in [-0.4, -0.2) is 62.2 Å². The molecule has 3 aliphatic rings. The van der Waals surface area contributed by atoms with E-state index in [-0.39, 0.29) is 11.8 Å². The summed E-state index contributed by atoms with van der Waals surface area (Å²) in [6.45, 7) is 6.48. The van der Waals surface area contributed by atoms with Crippen molar-refractivity contribution in [2.75, 3.05) is 49.6 Å². The maximum atomic E-state index is 12.7. The average Bonchev–Trinajstić information content (AvgIpc) is 2.79. The quantitative estimate of drug-likeness (QED) is 0.719. The molecule has 1 saturated carbocycles. The summed E-state index contributed by atoms with van der Waals surface area (Å²) < 4.78 is 11.3. The van der Waals surface area contributed by atoms with Gasteiger partial charge in [0.15, 0.2) is 6.10 Å². The summed E-state index contributed by atoms with van der Waals surface area (Å²) in [6, 6.07) is 5.60. The molecular weight excluding hydrogens is 394 g/mol. The molecule has 0 aromatic heterocycles. The molecule has 1 aromatic rings. The first-order chi connectivity index (χ1) is 15.1. The fourth-order valence-electron chi connectivity index (χ4n) is 4.82. The number of anilines is 2. The third-order valence-corrected chi connectivity index (χ3v) is 6.70. The van der Waals surface area contributed by atoms with Gasteiger partial charge in [0.25, 0.3) is 5.91 Å². The standard InChI is InChI=1S/C24H35N3O4/c1-18-24(29)27(12-11-26-13-15-30-16-14-26)21-9-8-20(17-22(21)31-18)25-23(28)10-7-19-5-3-2-4-6-19/h8-9,17-19H,2-7,10-16H2,1H3,(H,25,28). The Labute approximate surface area is 185 Å². The Bertz CT molecular complexity index is 772. The van der Waals surface area contributed by atoms with Crippen LogP contribution in [0.25, 0.3) is 0 Å². The molecule has 1 unspecified atom stereocenters. The van der Waals surface area contributed by atoms with Gasteiger partial charge in [-0.15, -0.1) is 0 Å². The average molecular weight is 430 g/mol. The molecule has 170 valence electrons. The lowest BCUT2D eigenvalue weighted by molar-refractivity contribution is -0.125. The minimum Gasteiger partial charge on any atom is -0.479 e. The smallest absolute Gasteiger partial charge is 0.267 e. The van der Waals surface area contributed by atoms with Crippen molar-refractivity contribution in [1.82, 2.24) is 4.90 Å². The largest absolute Gasteiger partial charge is 0.479 e. The van der Waals surface area contributed by atoms with Crippen LogP contribution in [0.1, 0.15) is 51.9 Å². The van der Waals surface area contributed by atoms with Gasteiger partial charge in [0.05, 0.1) is 18.9 Å². The van der Waals surface area contributed by atoms with Crippen LogP contribution >= 0.6 is 0 Å². The van der Waals surface area contributed by atoms with E-state index in [0.29, 0.717) is 24.6 Å². The van der Waals surface area contributed by atoms with E-state index in [1.54, 1.807) is 6.92 Å². The predicted octanol–water partition coefficient (Wildman–Crippen LogP) is 3.43. The van der Waals surface area contributed by atoms with Crippen LogP contribution in [0.2, 0.25) is 0 Å². The zero-order valence-corrected chi connectivity index (χ0v) is 18.6. The molecule has 7 nitrogen and oxygen atoms in total. The third kappa shape index (κ3) is 5.77. The molecule has 1 N–H and O–H groups in total. The second kappa shape index (κ2) is 10.5. The zero-order valence-electron chi connectivity index (χ0n) is 18.6. The molecule has 1 aliphatic carbocycles. The highest BCUT2D eigenvalue weighted by Gasteiger charge is 2.32. The summed E-state index contributed by atoms with van der Waals surface area (Å²) >= 11 is 0. The fourth-order valence-corrected chi connectivity index (χ4v) is 4.82. The highest BCUT2D eigenvalue weighted by atomic mass is 16.5. The normalized spacial score (nSPS) is 22.7. The van der Waals surface area contributed by atoms with Gasteiger partial charge in [-0.25, -0.2) is 0 Å². The molecule has 1 aromatic carbocycles.